The molecule has 0 bridgehead atoms. The largest absolute Gasteiger partial charge is 0.494 e. The highest BCUT2D eigenvalue weighted by molar-refractivity contribution is 5.90. The van der Waals surface area contributed by atoms with E-state index in [1.807, 2.05) is 0 Å². The average Bonchev–Trinajstić information content (AvgIpc) is 2.71. The van der Waals surface area contributed by atoms with Crippen LogP contribution in [-0.4, -0.2) is 28.4 Å². The molecular weight excluding hydrogens is 210 g/mol. The zero-order valence-electron chi connectivity index (χ0n) is 8.60. The lowest BCUT2D eigenvalue weighted by Gasteiger charge is -2.04. The van der Waals surface area contributed by atoms with Gasteiger partial charge in [0.2, 0.25) is 0 Å². The average molecular weight is 221 g/mol. The smallest absolute Gasteiger partial charge is 0.326 e. The third-order valence-corrected chi connectivity index (χ3v) is 2.37. The van der Waals surface area contributed by atoms with Gasteiger partial charge in [0.05, 0.1) is 12.8 Å². The molecule has 0 aliphatic rings. The molecule has 1 aromatic heterocycles. The molecule has 1 aromatic carbocycles. The third-order valence-electron chi connectivity index (χ3n) is 2.37. The van der Waals surface area contributed by atoms with Gasteiger partial charge in [0.25, 0.3) is 0 Å². The fourth-order valence-electron chi connectivity index (χ4n) is 1.56. The van der Waals surface area contributed by atoms with Gasteiger partial charge in [-0.25, -0.2) is 0 Å². The summed E-state index contributed by atoms with van der Waals surface area (Å²) in [7, 11) is 1.53. The molecule has 84 valence electrons. The van der Waals surface area contributed by atoms with E-state index in [2.05, 4.69) is 10.2 Å². The molecule has 2 aromatic rings. The number of hydrogen-bond acceptors (Lipinski definition) is 4. The number of nitrogens with two attached hydrogens (primary N) is 1. The van der Waals surface area contributed by atoms with E-state index < -0.39 is 12.0 Å². The van der Waals surface area contributed by atoms with E-state index in [9.17, 15) is 4.79 Å². The van der Waals surface area contributed by atoms with Crippen LogP contribution in [0.15, 0.2) is 18.2 Å². The molecule has 0 radical (unpaired) electrons. The Morgan fingerprint density at radius 1 is 1.62 bits per heavy atom. The van der Waals surface area contributed by atoms with Gasteiger partial charge < -0.3 is 15.6 Å². The summed E-state index contributed by atoms with van der Waals surface area (Å²) in [5.41, 5.74) is 6.48. The fraction of sp³-hybridized carbons (Fsp3) is 0.200. The van der Waals surface area contributed by atoms with E-state index in [-0.39, 0.29) is 0 Å². The molecular formula is C10H11N3O3. The monoisotopic (exact) mass is 221 g/mol. The molecule has 0 spiro atoms. The summed E-state index contributed by atoms with van der Waals surface area (Å²) in [6.45, 7) is 0. The van der Waals surface area contributed by atoms with Crippen molar-refractivity contribution < 1.29 is 14.6 Å². The van der Waals surface area contributed by atoms with Crippen molar-refractivity contribution in [3.8, 4) is 5.75 Å². The summed E-state index contributed by atoms with van der Waals surface area (Å²) in [5, 5.41) is 16.1. The Morgan fingerprint density at radius 3 is 3.00 bits per heavy atom. The number of aromatic nitrogens is 2. The van der Waals surface area contributed by atoms with Gasteiger partial charge in [0, 0.05) is 5.39 Å². The summed E-state index contributed by atoms with van der Waals surface area (Å²) < 4.78 is 5.11. The second-order valence-corrected chi connectivity index (χ2v) is 3.31. The molecule has 0 amide bonds. The summed E-state index contributed by atoms with van der Waals surface area (Å²) in [5.74, 6) is -0.522. The Labute approximate surface area is 91.0 Å². The van der Waals surface area contributed by atoms with Crippen molar-refractivity contribution in [1.82, 2.24) is 10.2 Å². The highest BCUT2D eigenvalue weighted by atomic mass is 16.5. The molecule has 0 saturated carbocycles. The van der Waals surface area contributed by atoms with Gasteiger partial charge in [-0.05, 0) is 6.07 Å². The van der Waals surface area contributed by atoms with Crippen molar-refractivity contribution in [1.29, 1.82) is 0 Å². The number of carboxylic acid groups (broad SMARTS) is 1. The highest BCUT2D eigenvalue weighted by Crippen LogP contribution is 2.27. The zero-order chi connectivity index (χ0) is 11.7. The van der Waals surface area contributed by atoms with Gasteiger partial charge in [-0.15, -0.1) is 0 Å². The molecule has 0 aliphatic heterocycles. The van der Waals surface area contributed by atoms with Crippen LogP contribution in [0.3, 0.4) is 0 Å². The predicted octanol–water partition coefficient (Wildman–Crippen LogP) is 0.656. The summed E-state index contributed by atoms with van der Waals surface area (Å²) in [6, 6.07) is 4.14. The molecule has 0 saturated heterocycles. The van der Waals surface area contributed by atoms with Crippen molar-refractivity contribution in [2.75, 3.05) is 7.11 Å². The molecule has 0 aliphatic carbocycles. The maximum atomic E-state index is 10.8. The van der Waals surface area contributed by atoms with Gasteiger partial charge >= 0.3 is 5.97 Å². The number of para-hydroxylation sites is 1. The van der Waals surface area contributed by atoms with Crippen LogP contribution in [-0.2, 0) is 4.79 Å². The van der Waals surface area contributed by atoms with E-state index in [0.29, 0.717) is 22.3 Å². The van der Waals surface area contributed by atoms with E-state index in [0.717, 1.165) is 0 Å². The number of nitrogens with zero attached hydrogens (tertiary/aromatic N) is 1. The van der Waals surface area contributed by atoms with Gasteiger partial charge in [-0.1, -0.05) is 12.1 Å². The number of carboxylic acids is 1. The Bertz CT molecular complexity index is 535. The minimum Gasteiger partial charge on any atom is -0.494 e. The number of ether oxygens (including phenoxy) is 1. The summed E-state index contributed by atoms with van der Waals surface area (Å²) >= 11 is 0. The molecule has 16 heavy (non-hydrogen) atoms. The topological polar surface area (TPSA) is 101 Å². The first-order valence-electron chi connectivity index (χ1n) is 4.64. The van der Waals surface area contributed by atoms with Crippen LogP contribution in [0.25, 0.3) is 10.9 Å². The first-order chi connectivity index (χ1) is 7.65. The van der Waals surface area contributed by atoms with Crippen molar-refractivity contribution in [3.63, 3.8) is 0 Å². The third kappa shape index (κ3) is 1.49. The molecule has 6 heteroatoms. The van der Waals surface area contributed by atoms with Crippen LogP contribution >= 0.6 is 0 Å². The van der Waals surface area contributed by atoms with Crippen LogP contribution in [0, 0.1) is 0 Å². The van der Waals surface area contributed by atoms with Crippen LogP contribution in [0.1, 0.15) is 11.7 Å². The number of carbonyl (C=O) groups is 1. The Morgan fingerprint density at radius 2 is 2.38 bits per heavy atom. The lowest BCUT2D eigenvalue weighted by molar-refractivity contribution is -0.138. The highest BCUT2D eigenvalue weighted by Gasteiger charge is 2.20. The molecule has 1 unspecified atom stereocenters. The lowest BCUT2D eigenvalue weighted by Crippen LogP contribution is -2.21. The number of H-pyrrole nitrogens is 1. The van der Waals surface area contributed by atoms with Crippen LogP contribution in [0.4, 0.5) is 0 Å². The van der Waals surface area contributed by atoms with Crippen LogP contribution < -0.4 is 10.5 Å². The maximum absolute atomic E-state index is 10.8. The lowest BCUT2D eigenvalue weighted by atomic mass is 10.1. The summed E-state index contributed by atoms with van der Waals surface area (Å²) in [6.07, 6.45) is 0. The van der Waals surface area contributed by atoms with Crippen molar-refractivity contribution in [2.24, 2.45) is 5.73 Å². The van der Waals surface area contributed by atoms with Crippen LogP contribution in [0.2, 0.25) is 0 Å². The number of aromatic amines is 1. The Kier molecular flexibility index (Phi) is 2.49. The number of fused-ring (bicyclic) bond motifs is 1. The normalized spacial score (nSPS) is 12.6. The predicted molar refractivity (Wildman–Crippen MR) is 57.2 cm³/mol. The SMILES string of the molecule is COc1cccc2c(C(N)C(=O)O)[nH]nc12. The maximum Gasteiger partial charge on any atom is 0.326 e. The number of hydrogen-bond donors (Lipinski definition) is 3. The molecule has 2 rings (SSSR count). The van der Waals surface area contributed by atoms with E-state index in [4.69, 9.17) is 15.6 Å². The first-order valence-corrected chi connectivity index (χ1v) is 4.64. The van der Waals surface area contributed by atoms with Crippen molar-refractivity contribution >= 4 is 16.9 Å². The van der Waals surface area contributed by atoms with Crippen molar-refractivity contribution in [2.45, 2.75) is 6.04 Å². The second-order valence-electron chi connectivity index (χ2n) is 3.31. The fourth-order valence-corrected chi connectivity index (χ4v) is 1.56. The summed E-state index contributed by atoms with van der Waals surface area (Å²) in [4.78, 5) is 10.8. The van der Waals surface area contributed by atoms with Crippen molar-refractivity contribution in [3.05, 3.63) is 23.9 Å². The molecule has 0 fully saturated rings. The van der Waals surface area contributed by atoms with E-state index >= 15 is 0 Å². The minimum atomic E-state index is -1.11. The number of methoxy groups -OCH3 is 1. The molecule has 4 N–H and O–H groups in total. The molecule has 1 heterocycles. The number of nitrogens with one attached hydrogen (secondary N) is 1. The zero-order valence-corrected chi connectivity index (χ0v) is 8.60. The molecule has 6 nitrogen and oxygen atoms in total. The number of benzene rings is 1. The van der Waals surface area contributed by atoms with E-state index in [1.54, 1.807) is 18.2 Å². The van der Waals surface area contributed by atoms with Gasteiger partial charge in [-0.2, -0.15) is 5.10 Å². The van der Waals surface area contributed by atoms with Gasteiger partial charge in [-0.3, -0.25) is 9.89 Å². The quantitative estimate of drug-likeness (QED) is 0.706. The minimum absolute atomic E-state index is 0.376. The van der Waals surface area contributed by atoms with E-state index in [1.165, 1.54) is 7.11 Å². The van der Waals surface area contributed by atoms with Crippen LogP contribution in [0.5, 0.6) is 5.75 Å². The Balaban J connectivity index is 2.61. The number of rotatable bonds is 3. The second kappa shape index (κ2) is 3.82. The molecule has 1 atom stereocenters. The first kappa shape index (κ1) is 10.4. The van der Waals surface area contributed by atoms with Gasteiger partial charge in [0.15, 0.2) is 0 Å². The number of aliphatic carboxylic acids is 1. The van der Waals surface area contributed by atoms with Gasteiger partial charge in [0.1, 0.15) is 17.3 Å². The standard InChI is InChI=1S/C10H11N3O3/c1-16-6-4-2-3-5-8(6)12-13-9(5)7(11)10(14)15/h2-4,7H,11H2,1H3,(H,12,13)(H,14,15). The Hall–Kier alpha value is -2.08.